The molecule has 124 valence electrons. The van der Waals surface area contributed by atoms with Crippen LogP contribution in [-0.4, -0.2) is 0 Å². The summed E-state index contributed by atoms with van der Waals surface area (Å²) in [6, 6.07) is 20.8. The summed E-state index contributed by atoms with van der Waals surface area (Å²) in [7, 11) is 0. The second-order valence-electron chi connectivity index (χ2n) is 6.30. The van der Waals surface area contributed by atoms with Crippen LogP contribution in [0, 0.1) is 0 Å². The molecule has 0 aliphatic carbocycles. The van der Waals surface area contributed by atoms with Crippen molar-refractivity contribution in [3.8, 4) is 11.1 Å². The second-order valence-corrected chi connectivity index (χ2v) is 7.15. The van der Waals surface area contributed by atoms with E-state index in [1.807, 2.05) is 12.1 Å². The van der Waals surface area contributed by atoms with Crippen LogP contribution in [-0.2, 0) is 6.42 Å². The maximum atomic E-state index is 6.44. The SMILES string of the molecule is CCc1c(-c2ccccc2)cc(N)c2ccc3c(Br)cc(N)cc3c12. The van der Waals surface area contributed by atoms with Crippen molar-refractivity contribution in [2.24, 2.45) is 0 Å². The van der Waals surface area contributed by atoms with Gasteiger partial charge in [0.2, 0.25) is 0 Å². The Balaban J connectivity index is 2.22. The summed E-state index contributed by atoms with van der Waals surface area (Å²) < 4.78 is 1.01. The zero-order chi connectivity index (χ0) is 17.6. The first-order chi connectivity index (χ1) is 12.1. The Labute approximate surface area is 155 Å². The number of hydrogen-bond donors (Lipinski definition) is 2. The Morgan fingerprint density at radius 2 is 1.56 bits per heavy atom. The highest BCUT2D eigenvalue weighted by atomic mass is 79.9. The predicted octanol–water partition coefficient (Wildman–Crippen LogP) is 6.15. The molecule has 0 atom stereocenters. The number of halogens is 1. The van der Waals surface area contributed by atoms with Crippen molar-refractivity contribution >= 4 is 48.8 Å². The smallest absolute Gasteiger partial charge is 0.0400 e. The Bertz CT molecular complexity index is 1100. The van der Waals surface area contributed by atoms with E-state index >= 15 is 0 Å². The van der Waals surface area contributed by atoms with Crippen molar-refractivity contribution in [1.29, 1.82) is 0 Å². The molecule has 4 aromatic carbocycles. The molecule has 4 aromatic rings. The van der Waals surface area contributed by atoms with Crippen LogP contribution in [0.25, 0.3) is 32.7 Å². The summed E-state index contributed by atoms with van der Waals surface area (Å²) in [5.41, 5.74) is 17.8. The van der Waals surface area contributed by atoms with E-state index in [4.69, 9.17) is 11.5 Å². The Kier molecular flexibility index (Phi) is 3.89. The minimum atomic E-state index is 0.748. The molecule has 4 N–H and O–H groups in total. The van der Waals surface area contributed by atoms with E-state index in [1.165, 1.54) is 22.1 Å². The molecule has 0 saturated heterocycles. The van der Waals surface area contributed by atoms with E-state index in [2.05, 4.69) is 71.4 Å². The van der Waals surface area contributed by atoms with Crippen LogP contribution in [0.5, 0.6) is 0 Å². The molecule has 0 heterocycles. The average molecular weight is 391 g/mol. The molecule has 2 nitrogen and oxygen atoms in total. The van der Waals surface area contributed by atoms with Gasteiger partial charge in [-0.15, -0.1) is 0 Å². The monoisotopic (exact) mass is 390 g/mol. The molecule has 0 amide bonds. The molecule has 0 aliphatic rings. The van der Waals surface area contributed by atoms with Gasteiger partial charge in [-0.05, 0) is 57.5 Å². The van der Waals surface area contributed by atoms with Gasteiger partial charge in [0.15, 0.2) is 0 Å². The van der Waals surface area contributed by atoms with Gasteiger partial charge < -0.3 is 11.5 Å². The van der Waals surface area contributed by atoms with Gasteiger partial charge in [-0.2, -0.15) is 0 Å². The maximum absolute atomic E-state index is 6.44. The van der Waals surface area contributed by atoms with Crippen molar-refractivity contribution in [1.82, 2.24) is 0 Å². The molecular formula is C22H19BrN2. The van der Waals surface area contributed by atoms with Gasteiger partial charge in [0, 0.05) is 21.2 Å². The Morgan fingerprint density at radius 1 is 0.840 bits per heavy atom. The van der Waals surface area contributed by atoms with E-state index in [9.17, 15) is 0 Å². The standard InChI is InChI=1S/C22H19BrN2/c1-2-15-18(13-6-4-3-5-7-13)12-21(25)17-9-8-16-19(22(15)17)10-14(24)11-20(16)23/h3-12H,2,24-25H2,1H3. The Morgan fingerprint density at radius 3 is 2.28 bits per heavy atom. The third-order valence-corrected chi connectivity index (χ3v) is 5.44. The van der Waals surface area contributed by atoms with E-state index < -0.39 is 0 Å². The third kappa shape index (κ3) is 2.56. The summed E-state index contributed by atoms with van der Waals surface area (Å²) in [5.74, 6) is 0. The highest BCUT2D eigenvalue weighted by Gasteiger charge is 2.15. The summed E-state index contributed by atoms with van der Waals surface area (Å²) in [6.07, 6.45) is 0.923. The van der Waals surface area contributed by atoms with Gasteiger partial charge in [-0.25, -0.2) is 0 Å². The van der Waals surface area contributed by atoms with E-state index in [0.29, 0.717) is 0 Å². The van der Waals surface area contributed by atoms with Gasteiger partial charge in [-0.3, -0.25) is 0 Å². The minimum Gasteiger partial charge on any atom is -0.399 e. The van der Waals surface area contributed by atoms with Crippen LogP contribution in [0.3, 0.4) is 0 Å². The van der Waals surface area contributed by atoms with Crippen LogP contribution in [0.2, 0.25) is 0 Å². The van der Waals surface area contributed by atoms with Gasteiger partial charge in [-0.1, -0.05) is 65.3 Å². The topological polar surface area (TPSA) is 52.0 Å². The van der Waals surface area contributed by atoms with Crippen molar-refractivity contribution in [2.45, 2.75) is 13.3 Å². The van der Waals surface area contributed by atoms with Gasteiger partial charge in [0.1, 0.15) is 0 Å². The van der Waals surface area contributed by atoms with Crippen LogP contribution >= 0.6 is 15.9 Å². The molecular weight excluding hydrogens is 372 g/mol. The van der Waals surface area contributed by atoms with Crippen LogP contribution in [0.4, 0.5) is 11.4 Å². The number of anilines is 2. The highest BCUT2D eigenvalue weighted by Crippen LogP contribution is 2.40. The number of nitrogen functional groups attached to an aromatic ring is 2. The lowest BCUT2D eigenvalue weighted by Gasteiger charge is -2.17. The molecule has 0 fully saturated rings. The fourth-order valence-corrected chi connectivity index (χ4v) is 4.28. The molecule has 4 rings (SSSR count). The largest absolute Gasteiger partial charge is 0.399 e. The lowest BCUT2D eigenvalue weighted by atomic mass is 9.89. The average Bonchev–Trinajstić information content (AvgIpc) is 2.62. The molecule has 3 heteroatoms. The first kappa shape index (κ1) is 16.0. The van der Waals surface area contributed by atoms with Crippen molar-refractivity contribution in [2.75, 3.05) is 11.5 Å². The molecule has 0 radical (unpaired) electrons. The van der Waals surface area contributed by atoms with Crippen LogP contribution in [0.1, 0.15) is 12.5 Å². The van der Waals surface area contributed by atoms with Gasteiger partial charge in [0.25, 0.3) is 0 Å². The summed E-state index contributed by atoms with van der Waals surface area (Å²) >= 11 is 3.65. The van der Waals surface area contributed by atoms with Crippen molar-refractivity contribution in [3.63, 3.8) is 0 Å². The molecule has 0 spiro atoms. The molecule has 0 unspecified atom stereocenters. The van der Waals surface area contributed by atoms with E-state index in [-0.39, 0.29) is 0 Å². The first-order valence-electron chi connectivity index (χ1n) is 8.38. The predicted molar refractivity (Wildman–Crippen MR) is 113 cm³/mol. The summed E-state index contributed by atoms with van der Waals surface area (Å²) in [6.45, 7) is 2.19. The molecule has 0 bridgehead atoms. The van der Waals surface area contributed by atoms with E-state index in [0.717, 1.165) is 38.4 Å². The normalized spacial score (nSPS) is 11.3. The minimum absolute atomic E-state index is 0.748. The van der Waals surface area contributed by atoms with Crippen molar-refractivity contribution < 1.29 is 0 Å². The third-order valence-electron chi connectivity index (χ3n) is 4.78. The number of nitrogens with two attached hydrogens (primary N) is 2. The van der Waals surface area contributed by atoms with Crippen molar-refractivity contribution in [3.05, 3.63) is 70.7 Å². The van der Waals surface area contributed by atoms with Gasteiger partial charge >= 0.3 is 0 Å². The van der Waals surface area contributed by atoms with Crippen LogP contribution < -0.4 is 11.5 Å². The van der Waals surface area contributed by atoms with E-state index in [1.54, 1.807) is 0 Å². The highest BCUT2D eigenvalue weighted by molar-refractivity contribution is 9.10. The maximum Gasteiger partial charge on any atom is 0.0400 e. The lowest BCUT2D eigenvalue weighted by Crippen LogP contribution is -1.97. The Hall–Kier alpha value is -2.52. The molecule has 0 aromatic heterocycles. The number of rotatable bonds is 2. The van der Waals surface area contributed by atoms with Gasteiger partial charge in [0.05, 0.1) is 0 Å². The fourth-order valence-electron chi connectivity index (χ4n) is 3.67. The summed E-state index contributed by atoms with van der Waals surface area (Å²) in [5, 5.41) is 4.58. The first-order valence-corrected chi connectivity index (χ1v) is 9.17. The fraction of sp³-hybridized carbons (Fsp3) is 0.0909. The summed E-state index contributed by atoms with van der Waals surface area (Å²) in [4.78, 5) is 0. The zero-order valence-electron chi connectivity index (χ0n) is 14.0. The number of hydrogen-bond acceptors (Lipinski definition) is 2. The quantitative estimate of drug-likeness (QED) is 0.318. The number of aryl methyl sites for hydroxylation is 1. The van der Waals surface area contributed by atoms with Crippen LogP contribution in [0.15, 0.2) is 65.1 Å². The lowest BCUT2D eigenvalue weighted by molar-refractivity contribution is 1.16. The molecule has 0 saturated carbocycles. The zero-order valence-corrected chi connectivity index (χ0v) is 15.6. The second kappa shape index (κ2) is 6.08. The molecule has 25 heavy (non-hydrogen) atoms. The molecule has 0 aliphatic heterocycles. The number of fused-ring (bicyclic) bond motifs is 3. The number of benzene rings is 4.